The lowest BCUT2D eigenvalue weighted by atomic mass is 9.96. The zero-order valence-electron chi connectivity index (χ0n) is 57.3. The fourth-order valence-electron chi connectivity index (χ4n) is 10.7. The van der Waals surface area contributed by atoms with Crippen LogP contribution in [0.3, 0.4) is 0 Å². The van der Waals surface area contributed by atoms with E-state index >= 15 is 4.39 Å². The number of nitrogens with one attached hydrogen (secondary N) is 11. The van der Waals surface area contributed by atoms with Gasteiger partial charge in [0.1, 0.15) is 60.2 Å². The van der Waals surface area contributed by atoms with E-state index in [1.54, 1.807) is 36.4 Å². The average Bonchev–Trinajstić information content (AvgIpc) is 0.926. The minimum Gasteiger partial charge on any atom is -0.481 e. The predicted molar refractivity (Wildman–Crippen MR) is 371 cm³/mol. The Labute approximate surface area is 595 Å². The highest BCUT2D eigenvalue weighted by Gasteiger charge is 2.38. The number of aliphatic hydroxyl groups is 3. The number of nitrogens with zero attached hydrogens (tertiary/aromatic N) is 1. The first kappa shape index (κ1) is 81.2. The van der Waals surface area contributed by atoms with Gasteiger partial charge in [0, 0.05) is 37.6 Å². The summed E-state index contributed by atoms with van der Waals surface area (Å²) in [5.41, 5.74) is 18.7. The Morgan fingerprint density at radius 3 is 1.41 bits per heavy atom. The summed E-state index contributed by atoms with van der Waals surface area (Å²) < 4.78 is 15.3. The van der Waals surface area contributed by atoms with Crippen molar-refractivity contribution in [1.82, 2.24) is 63.1 Å². The van der Waals surface area contributed by atoms with Gasteiger partial charge in [-0.05, 0) is 90.8 Å². The number of benzene rings is 5. The van der Waals surface area contributed by atoms with Gasteiger partial charge in [-0.2, -0.15) is 0 Å². The summed E-state index contributed by atoms with van der Waals surface area (Å²) in [7, 11) is 0. The number of carbonyl (C=O) groups excluding carboxylic acids is 11. The SMILES string of the molecule is Cc1ccccc1-c1ccc(C[C@H](NC(=O)[C@H](Cc2ccc(-c3ccccc3C)cc2)NC(=O)[C@H](CC(=O)O)NC(=O)[C@H](CO)NC(=O)[C@@H](NC(=O)[C@H](Cc2ccccc2F)NC(=O)[C@@H](NC(=O)CNC(=O)[C@H](CC(=O)O)NC(=O)[C@H](C)NC(=O)[C@@H](N)Cc2cnc[nH]2)[C@@H](C)O)[C@@H](C)O)C(N)=O)cc1. The summed E-state index contributed by atoms with van der Waals surface area (Å²) in [6.45, 7) is 4.80. The monoisotopic (exact) mass is 1440 g/mol. The molecule has 0 saturated heterocycles. The molecule has 33 heteroatoms. The first-order chi connectivity index (χ1) is 49.3. The number of aliphatic hydroxyl groups excluding tert-OH is 3. The molecule has 0 spiro atoms. The molecule has 0 aliphatic carbocycles. The molecule has 5 aromatic carbocycles. The Bertz CT molecular complexity index is 4050. The van der Waals surface area contributed by atoms with E-state index in [4.69, 9.17) is 11.5 Å². The fourth-order valence-corrected chi connectivity index (χ4v) is 10.7. The molecule has 104 heavy (non-hydrogen) atoms. The van der Waals surface area contributed by atoms with Crippen LogP contribution in [0.5, 0.6) is 0 Å². The lowest BCUT2D eigenvalue weighted by Gasteiger charge is -2.28. The van der Waals surface area contributed by atoms with Crippen molar-refractivity contribution in [3.8, 4) is 22.3 Å². The lowest BCUT2D eigenvalue weighted by molar-refractivity contribution is -0.142. The summed E-state index contributed by atoms with van der Waals surface area (Å²) >= 11 is 0. The second-order valence-electron chi connectivity index (χ2n) is 24.7. The number of nitrogens with two attached hydrogens (primary N) is 2. The minimum absolute atomic E-state index is 0.00781. The second-order valence-corrected chi connectivity index (χ2v) is 24.7. The molecule has 0 unspecified atom stereocenters. The van der Waals surface area contributed by atoms with Crippen molar-refractivity contribution in [2.24, 2.45) is 11.5 Å². The minimum atomic E-state index is -2.11. The Morgan fingerprint density at radius 2 is 0.913 bits per heavy atom. The molecule has 12 atom stereocenters. The largest absolute Gasteiger partial charge is 0.481 e. The van der Waals surface area contributed by atoms with E-state index in [1.165, 1.54) is 37.6 Å². The van der Waals surface area contributed by atoms with Crippen LogP contribution < -0.4 is 64.6 Å². The van der Waals surface area contributed by atoms with E-state index in [0.29, 0.717) is 16.8 Å². The Morgan fingerprint density at radius 1 is 0.481 bits per heavy atom. The number of imidazole rings is 1. The standard InChI is InChI=1S/C71H85FN14O18/c1-36-12-6-9-15-47(36)43-22-18-41(19-23-43)26-51(62(74)95)79-66(99)52(27-42-20-24-44(25-21-42)48-16-10-7-13-37(48)2)81-67(100)55(31-59(93)94)82-69(102)56(34-87)84-71(104)61(40(5)89)86-68(101)53(28-45-14-8-11-17-49(45)72)83-70(103)60(39(4)88)85-57(90)33-76-65(98)54(30-58(91)92)80-63(96)38(3)78-64(97)50(73)29-46-32-75-35-77-46/h6-25,32,35,38-40,50-56,60-61,87-89H,26-31,33-34,73H2,1-5H3,(H2,74,95)(H,75,77)(H,76,98)(H,78,97)(H,79,99)(H,80,96)(H,81,100)(H,82,102)(H,83,103)(H,84,104)(H,85,90)(H,86,101)(H,91,92)(H,93,94)/t38-,39+,40+,50-,51-,52-,53-,54-,55-,56-,60-,61-/m0/s1. The third kappa shape index (κ3) is 24.5. The summed E-state index contributed by atoms with van der Waals surface area (Å²) in [6.07, 6.45) is -4.19. The van der Waals surface area contributed by atoms with Crippen LogP contribution in [0.2, 0.25) is 0 Å². The topological polar surface area (TPSA) is 524 Å². The molecular weight excluding hydrogens is 1360 g/mol. The number of hydrogen-bond donors (Lipinski definition) is 18. The van der Waals surface area contributed by atoms with Gasteiger partial charge in [-0.25, -0.2) is 9.37 Å². The number of aromatic nitrogens is 2. The predicted octanol–water partition coefficient (Wildman–Crippen LogP) is -2.21. The zero-order valence-corrected chi connectivity index (χ0v) is 57.3. The first-order valence-electron chi connectivity index (χ1n) is 32.8. The van der Waals surface area contributed by atoms with Crippen molar-refractivity contribution < 1.29 is 92.3 Å². The smallest absolute Gasteiger partial charge is 0.305 e. The highest BCUT2D eigenvalue weighted by Crippen LogP contribution is 2.26. The molecule has 11 amide bonds. The molecule has 0 radical (unpaired) electrons. The molecule has 1 aromatic heterocycles. The van der Waals surface area contributed by atoms with Crippen molar-refractivity contribution >= 4 is 76.9 Å². The van der Waals surface area contributed by atoms with Gasteiger partial charge >= 0.3 is 11.9 Å². The van der Waals surface area contributed by atoms with Crippen LogP contribution in [0.25, 0.3) is 22.3 Å². The fraction of sp³-hybridized carbons (Fsp3) is 0.352. The number of carbonyl (C=O) groups is 13. The highest BCUT2D eigenvalue weighted by atomic mass is 19.1. The van der Waals surface area contributed by atoms with Gasteiger partial charge in [0.05, 0.1) is 50.6 Å². The van der Waals surface area contributed by atoms with Crippen LogP contribution in [-0.4, -0.2) is 198 Å². The Kier molecular flexibility index (Phi) is 30.3. The van der Waals surface area contributed by atoms with E-state index < -0.39 is 188 Å². The van der Waals surface area contributed by atoms with Crippen LogP contribution in [0.15, 0.2) is 134 Å². The van der Waals surface area contributed by atoms with Crippen molar-refractivity contribution in [2.75, 3.05) is 13.2 Å². The van der Waals surface area contributed by atoms with Crippen molar-refractivity contribution in [2.45, 2.75) is 146 Å². The number of carboxylic acids is 2. The maximum Gasteiger partial charge on any atom is 0.305 e. The van der Waals surface area contributed by atoms with E-state index in [1.807, 2.05) is 74.5 Å². The van der Waals surface area contributed by atoms with Crippen LogP contribution in [-0.2, 0) is 88.0 Å². The van der Waals surface area contributed by atoms with Gasteiger partial charge in [0.15, 0.2) is 0 Å². The molecular formula is C71H85FN14O18. The number of aromatic amines is 1. The van der Waals surface area contributed by atoms with E-state index in [0.717, 1.165) is 53.3 Å². The van der Waals surface area contributed by atoms with E-state index in [-0.39, 0.29) is 24.8 Å². The van der Waals surface area contributed by atoms with Crippen molar-refractivity contribution in [3.05, 3.63) is 173 Å². The summed E-state index contributed by atoms with van der Waals surface area (Å²) in [5, 5.41) is 74.2. The Hall–Kier alpha value is -11.8. The number of amides is 11. The molecule has 6 aromatic rings. The number of carboxylic acid groups (broad SMARTS) is 2. The second kappa shape index (κ2) is 38.8. The van der Waals surface area contributed by atoms with Gasteiger partial charge in [0.2, 0.25) is 65.0 Å². The quantitative estimate of drug-likeness (QED) is 0.0195. The van der Waals surface area contributed by atoms with Gasteiger partial charge in [-0.1, -0.05) is 115 Å². The van der Waals surface area contributed by atoms with Gasteiger partial charge in [-0.15, -0.1) is 0 Å². The number of rotatable bonds is 38. The molecule has 20 N–H and O–H groups in total. The summed E-state index contributed by atoms with van der Waals surface area (Å²) in [5.74, 6) is -17.1. The van der Waals surface area contributed by atoms with Crippen LogP contribution in [0.4, 0.5) is 4.39 Å². The summed E-state index contributed by atoms with van der Waals surface area (Å²) in [4.78, 5) is 181. The highest BCUT2D eigenvalue weighted by molar-refractivity contribution is 6.00. The third-order valence-electron chi connectivity index (χ3n) is 16.5. The molecule has 1 heterocycles. The number of halogens is 1. The Balaban J connectivity index is 1.14. The zero-order chi connectivity index (χ0) is 76.5. The molecule has 0 aliphatic rings. The summed E-state index contributed by atoms with van der Waals surface area (Å²) in [6, 6.07) is 16.7. The van der Waals surface area contributed by atoms with Gasteiger partial charge < -0.3 is 95.2 Å². The number of hydrogen-bond acceptors (Lipinski definition) is 18. The molecule has 6 rings (SSSR count). The van der Waals surface area contributed by atoms with Crippen LogP contribution >= 0.6 is 0 Å². The molecule has 32 nitrogen and oxygen atoms in total. The number of aryl methyl sites for hydroxylation is 2. The lowest BCUT2D eigenvalue weighted by Crippen LogP contribution is -2.63. The first-order valence-corrected chi connectivity index (χ1v) is 32.8. The van der Waals surface area contributed by atoms with Gasteiger partial charge in [-0.3, -0.25) is 62.3 Å². The molecule has 0 bridgehead atoms. The molecule has 554 valence electrons. The number of primary amides is 1. The number of aliphatic carboxylic acids is 2. The molecule has 0 fully saturated rings. The van der Waals surface area contributed by atoms with Gasteiger partial charge in [0.25, 0.3) is 0 Å². The van der Waals surface area contributed by atoms with Crippen molar-refractivity contribution in [3.63, 3.8) is 0 Å². The maximum absolute atomic E-state index is 15.3. The molecule has 0 saturated carbocycles. The van der Waals surface area contributed by atoms with E-state index in [2.05, 4.69) is 63.1 Å². The van der Waals surface area contributed by atoms with Crippen LogP contribution in [0.1, 0.15) is 67.1 Å². The van der Waals surface area contributed by atoms with Crippen LogP contribution in [0, 0.1) is 19.7 Å². The number of H-pyrrole nitrogens is 1. The maximum atomic E-state index is 15.3. The van der Waals surface area contributed by atoms with Crippen molar-refractivity contribution in [1.29, 1.82) is 0 Å². The molecule has 0 aliphatic heterocycles. The third-order valence-corrected chi connectivity index (χ3v) is 16.5. The normalized spacial score (nSPS) is 14.5. The van der Waals surface area contributed by atoms with E-state index in [9.17, 15) is 87.9 Å². The average molecular weight is 1440 g/mol.